The predicted molar refractivity (Wildman–Crippen MR) is 153 cm³/mol. The van der Waals surface area contributed by atoms with Crippen molar-refractivity contribution in [3.05, 3.63) is 109 Å². The average Bonchev–Trinajstić information content (AvgIpc) is 3.44. The van der Waals surface area contributed by atoms with Crippen molar-refractivity contribution >= 4 is 52.6 Å². The van der Waals surface area contributed by atoms with Crippen molar-refractivity contribution in [1.82, 2.24) is 0 Å². The molecule has 6 rings (SSSR count). The van der Waals surface area contributed by atoms with Crippen LogP contribution < -0.4 is 10.2 Å². The van der Waals surface area contributed by atoms with E-state index in [2.05, 4.69) is 122 Å². The molecule has 0 unspecified atom stereocenters. The zero-order valence-electron chi connectivity index (χ0n) is 21.6. The third-order valence-corrected chi connectivity index (χ3v) is 5.05. The minimum Gasteiger partial charge on any atom is -0.855 e. The van der Waals surface area contributed by atoms with Crippen molar-refractivity contribution in [3.63, 3.8) is 0 Å². The molecule has 0 amide bonds. The molecule has 182 valence electrons. The van der Waals surface area contributed by atoms with Gasteiger partial charge in [-0.2, -0.15) is 0 Å². The first-order valence-corrected chi connectivity index (χ1v) is 14.0. The Kier molecular flexibility index (Phi) is 15.8. The molecule has 0 bridgehead atoms. The molecular weight excluding hydrogens is 536 g/mol. The maximum atomic E-state index is 8.93. The van der Waals surface area contributed by atoms with Gasteiger partial charge < -0.3 is 10.2 Å². The van der Waals surface area contributed by atoms with Crippen molar-refractivity contribution < 1.29 is 36.4 Å². The van der Waals surface area contributed by atoms with Gasteiger partial charge in [-0.3, -0.25) is 0 Å². The van der Waals surface area contributed by atoms with E-state index < -0.39 is 0 Å². The fourth-order valence-corrected chi connectivity index (χ4v) is 3.81. The first kappa shape index (κ1) is 31.7. The first-order valence-electron chi connectivity index (χ1n) is 12.0. The molecule has 0 aliphatic carbocycles. The fourth-order valence-electron chi connectivity index (χ4n) is 3.81. The maximum Gasteiger partial charge on any atom is 4.00 e. The number of rotatable bonds is 0. The molecule has 0 aliphatic heterocycles. The first-order chi connectivity index (χ1) is 17.1. The summed E-state index contributed by atoms with van der Waals surface area (Å²) in [5.74, 6) is 0. The molecule has 0 N–H and O–H groups in total. The Morgan fingerprint density at radius 3 is 0.861 bits per heavy atom. The number of hydrogen-bond donors (Lipinski definition) is 0. The van der Waals surface area contributed by atoms with Crippen molar-refractivity contribution in [2.45, 2.75) is 26.9 Å². The van der Waals surface area contributed by atoms with Gasteiger partial charge in [0.05, 0.1) is 0 Å². The molecular formula is C32H34O2SiZr. The Hall–Kier alpha value is -2.36. The summed E-state index contributed by atoms with van der Waals surface area (Å²) >= 11 is 0. The Bertz CT molecular complexity index is 1190. The summed E-state index contributed by atoms with van der Waals surface area (Å²) in [7, 11) is 1.08. The molecule has 0 aliphatic rings. The van der Waals surface area contributed by atoms with Crippen LogP contribution in [0.3, 0.4) is 0 Å². The quantitative estimate of drug-likeness (QED) is 0.147. The van der Waals surface area contributed by atoms with Gasteiger partial charge in [0.15, 0.2) is 0 Å². The van der Waals surface area contributed by atoms with Crippen molar-refractivity contribution in [1.29, 1.82) is 0 Å². The van der Waals surface area contributed by atoms with Crippen LogP contribution in [0.1, 0.15) is 13.8 Å². The molecule has 0 heterocycles. The molecule has 6 aromatic carbocycles. The largest absolute Gasteiger partial charge is 4.00 e. The third-order valence-electron chi connectivity index (χ3n) is 5.05. The summed E-state index contributed by atoms with van der Waals surface area (Å²) in [6.07, 6.45) is 0. The average molecular weight is 570 g/mol. The summed E-state index contributed by atoms with van der Waals surface area (Å²) in [6, 6.07) is 38.5. The van der Waals surface area contributed by atoms with Crippen LogP contribution in [-0.2, 0) is 26.2 Å². The monoisotopic (exact) mass is 568 g/mol. The summed E-state index contributed by atoms with van der Waals surface area (Å²) in [4.78, 5) is 0. The standard InChI is InChI=1S/2C13H9.2C2H5O.C2H6Si.Zr/c2*1-3-7-12-10(5-1)9-11-6-2-4-8-13(11)12;2*1-2-3;1-3-2;/h2*1-9H;2*2H2,1H3;1-2H3;/q4*-1;;+4. The smallest absolute Gasteiger partial charge is 0.855 e. The predicted octanol–water partition coefficient (Wildman–Crippen LogP) is 6.94. The van der Waals surface area contributed by atoms with Crippen LogP contribution in [0.2, 0.25) is 13.1 Å². The molecule has 0 spiro atoms. The summed E-state index contributed by atoms with van der Waals surface area (Å²) in [5.41, 5.74) is 0. The van der Waals surface area contributed by atoms with Crippen LogP contribution in [0.25, 0.3) is 43.1 Å². The van der Waals surface area contributed by atoms with Gasteiger partial charge in [-0.15, -0.1) is 92.7 Å². The van der Waals surface area contributed by atoms with Crippen LogP contribution in [0, 0.1) is 0 Å². The SMILES string of the molecule is CC[O-].CC[O-].C[Si]C.[Zr+4].c1ccc2c(c1)[cH-]c1ccccc12.c1ccc2c(c1)[cH-]c1ccccc12. The molecule has 0 aromatic heterocycles. The van der Waals surface area contributed by atoms with Gasteiger partial charge in [-0.05, 0) is 0 Å². The van der Waals surface area contributed by atoms with Crippen molar-refractivity contribution in [2.24, 2.45) is 0 Å². The summed E-state index contributed by atoms with van der Waals surface area (Å²) in [5, 5.41) is 28.6. The molecule has 2 nitrogen and oxygen atoms in total. The molecule has 2 radical (unpaired) electrons. The van der Waals surface area contributed by atoms with Gasteiger partial charge in [-0.25, -0.2) is 0 Å². The van der Waals surface area contributed by atoms with E-state index in [0.29, 0.717) is 0 Å². The Morgan fingerprint density at radius 2 is 0.667 bits per heavy atom. The van der Waals surface area contributed by atoms with Crippen molar-refractivity contribution in [2.75, 3.05) is 13.2 Å². The second-order valence-corrected chi connectivity index (χ2v) is 8.72. The minimum absolute atomic E-state index is 0. The number of fused-ring (bicyclic) bond motifs is 6. The molecule has 0 atom stereocenters. The van der Waals surface area contributed by atoms with Gasteiger partial charge in [0, 0.05) is 9.52 Å². The zero-order valence-corrected chi connectivity index (χ0v) is 25.1. The van der Waals surface area contributed by atoms with E-state index in [9.17, 15) is 0 Å². The van der Waals surface area contributed by atoms with Gasteiger partial charge in [0.2, 0.25) is 0 Å². The maximum absolute atomic E-state index is 8.93. The number of benzene rings is 4. The van der Waals surface area contributed by atoms with Crippen LogP contribution >= 0.6 is 0 Å². The van der Waals surface area contributed by atoms with E-state index in [-0.39, 0.29) is 39.4 Å². The number of hydrogen-bond acceptors (Lipinski definition) is 2. The molecule has 0 saturated heterocycles. The van der Waals surface area contributed by atoms with E-state index >= 15 is 0 Å². The second-order valence-electron chi connectivity index (χ2n) is 7.72. The van der Waals surface area contributed by atoms with Gasteiger partial charge in [0.25, 0.3) is 0 Å². The summed E-state index contributed by atoms with van der Waals surface area (Å²) in [6.45, 7) is 7.44. The zero-order chi connectivity index (χ0) is 25.5. The van der Waals surface area contributed by atoms with Crippen LogP contribution in [-0.4, -0.2) is 22.7 Å². The van der Waals surface area contributed by atoms with E-state index in [4.69, 9.17) is 10.2 Å². The van der Waals surface area contributed by atoms with E-state index in [1.165, 1.54) is 43.1 Å². The third kappa shape index (κ3) is 8.94. The van der Waals surface area contributed by atoms with Gasteiger partial charge in [0.1, 0.15) is 0 Å². The van der Waals surface area contributed by atoms with Gasteiger partial charge in [-0.1, -0.05) is 99.7 Å². The van der Waals surface area contributed by atoms with Crippen molar-refractivity contribution in [3.8, 4) is 0 Å². The topological polar surface area (TPSA) is 46.1 Å². The van der Waals surface area contributed by atoms with Gasteiger partial charge >= 0.3 is 26.2 Å². The van der Waals surface area contributed by atoms with E-state index in [1.54, 1.807) is 13.8 Å². The molecule has 6 aromatic rings. The Morgan fingerprint density at radius 1 is 0.500 bits per heavy atom. The van der Waals surface area contributed by atoms with E-state index in [0.717, 1.165) is 9.52 Å². The Labute approximate surface area is 237 Å². The molecule has 0 fully saturated rings. The normalized spacial score (nSPS) is 9.50. The molecule has 4 heteroatoms. The van der Waals surface area contributed by atoms with Crippen LogP contribution in [0.15, 0.2) is 109 Å². The van der Waals surface area contributed by atoms with Crippen LogP contribution in [0.5, 0.6) is 0 Å². The second kappa shape index (κ2) is 18.0. The fraction of sp³-hybridized carbons (Fsp3) is 0.188. The molecule has 36 heavy (non-hydrogen) atoms. The Balaban J connectivity index is 0.000000268. The van der Waals surface area contributed by atoms with Crippen LogP contribution in [0.4, 0.5) is 0 Å². The van der Waals surface area contributed by atoms with E-state index in [1.807, 2.05) is 0 Å². The summed E-state index contributed by atoms with van der Waals surface area (Å²) < 4.78 is 0. The minimum atomic E-state index is 0. The molecule has 0 saturated carbocycles.